The second-order valence-corrected chi connectivity index (χ2v) is 9.63. The number of amides is 1. The molecule has 2 aliphatic rings. The zero-order valence-corrected chi connectivity index (χ0v) is 19.6. The molecule has 0 radical (unpaired) electrons. The third-order valence-corrected chi connectivity index (χ3v) is 6.86. The molecule has 3 aromatic rings. The van der Waals surface area contributed by atoms with Gasteiger partial charge in [0.1, 0.15) is 0 Å². The molecule has 6 heteroatoms. The molecule has 1 aliphatic heterocycles. The van der Waals surface area contributed by atoms with E-state index in [0.29, 0.717) is 10.0 Å². The number of halogens is 2. The highest BCUT2D eigenvalue weighted by Crippen LogP contribution is 2.40. The van der Waals surface area contributed by atoms with E-state index in [9.17, 15) is 4.79 Å². The number of carbonyl (C=O) groups excluding carboxylic acids is 1. The number of aryl methyl sites for hydroxylation is 2. The third-order valence-electron chi connectivity index (χ3n) is 6.13. The molecule has 1 amide bonds. The van der Waals surface area contributed by atoms with Crippen LogP contribution in [0, 0.1) is 19.8 Å². The van der Waals surface area contributed by atoms with Crippen molar-refractivity contribution in [2.24, 2.45) is 5.92 Å². The average Bonchev–Trinajstić information content (AvgIpc) is 3.49. The number of H-pyrrole nitrogens is 1. The molecule has 0 spiro atoms. The van der Waals surface area contributed by atoms with E-state index in [0.717, 1.165) is 59.8 Å². The quantitative estimate of drug-likeness (QED) is 0.432. The van der Waals surface area contributed by atoms with E-state index in [4.69, 9.17) is 23.2 Å². The molecule has 1 aromatic heterocycles. The van der Waals surface area contributed by atoms with Crippen LogP contribution in [0.5, 0.6) is 0 Å². The van der Waals surface area contributed by atoms with E-state index in [1.165, 1.54) is 11.1 Å². The highest BCUT2D eigenvalue weighted by Gasteiger charge is 2.30. The molecule has 4 nitrogen and oxygen atoms in total. The number of aromatic nitrogens is 1. The van der Waals surface area contributed by atoms with Crippen molar-refractivity contribution in [3.63, 3.8) is 0 Å². The van der Waals surface area contributed by atoms with E-state index in [-0.39, 0.29) is 11.8 Å². The van der Waals surface area contributed by atoms with Crippen molar-refractivity contribution in [3.8, 4) is 0 Å². The number of carbonyl (C=O) groups is 1. The molecule has 2 N–H and O–H groups in total. The summed E-state index contributed by atoms with van der Waals surface area (Å²) in [5.74, 6) is 0.297. The number of nitrogens with zero attached hydrogens (tertiary/aromatic N) is 1. The predicted molar refractivity (Wildman–Crippen MR) is 133 cm³/mol. The van der Waals surface area contributed by atoms with Crippen LogP contribution < -0.4 is 10.2 Å². The van der Waals surface area contributed by atoms with Crippen LogP contribution in [-0.2, 0) is 11.3 Å². The van der Waals surface area contributed by atoms with Gasteiger partial charge in [0.2, 0.25) is 5.91 Å². The molecule has 32 heavy (non-hydrogen) atoms. The van der Waals surface area contributed by atoms with Crippen LogP contribution in [0.4, 0.5) is 11.4 Å². The molecule has 0 atom stereocenters. The lowest BCUT2D eigenvalue weighted by molar-refractivity contribution is -0.117. The Morgan fingerprint density at radius 3 is 2.62 bits per heavy atom. The van der Waals surface area contributed by atoms with E-state index in [1.807, 2.05) is 24.3 Å². The van der Waals surface area contributed by atoms with Gasteiger partial charge >= 0.3 is 0 Å². The number of fused-ring (bicyclic) bond motifs is 1. The monoisotopic (exact) mass is 465 g/mol. The average molecular weight is 466 g/mol. The Hall–Kier alpha value is -2.69. The van der Waals surface area contributed by atoms with Gasteiger partial charge in [-0.05, 0) is 85.9 Å². The molecular weight excluding hydrogens is 441 g/mol. The summed E-state index contributed by atoms with van der Waals surface area (Å²) in [5, 5.41) is 4.21. The maximum atomic E-state index is 12.3. The minimum atomic E-state index is 0.122. The van der Waals surface area contributed by atoms with Crippen LogP contribution in [0.1, 0.15) is 40.9 Å². The van der Waals surface area contributed by atoms with Crippen molar-refractivity contribution < 1.29 is 4.79 Å². The second-order valence-electron chi connectivity index (χ2n) is 8.82. The number of benzene rings is 2. The Bertz CT molecular complexity index is 1240. The Labute approximate surface area is 198 Å². The van der Waals surface area contributed by atoms with Gasteiger partial charge in [-0.25, -0.2) is 0 Å². The maximum Gasteiger partial charge on any atom is 0.227 e. The molecule has 1 fully saturated rings. The summed E-state index contributed by atoms with van der Waals surface area (Å²) >= 11 is 12.4. The summed E-state index contributed by atoms with van der Waals surface area (Å²) in [4.78, 5) is 18.1. The van der Waals surface area contributed by atoms with Crippen LogP contribution in [0.3, 0.4) is 0 Å². The highest BCUT2D eigenvalue weighted by atomic mass is 35.5. The van der Waals surface area contributed by atoms with Crippen LogP contribution in [-0.4, -0.2) is 17.4 Å². The van der Waals surface area contributed by atoms with Gasteiger partial charge in [0, 0.05) is 47.3 Å². The van der Waals surface area contributed by atoms with E-state index in [1.54, 1.807) is 0 Å². The molecule has 2 aromatic carbocycles. The lowest BCUT2D eigenvalue weighted by atomic mass is 10.0. The van der Waals surface area contributed by atoms with Gasteiger partial charge in [-0.15, -0.1) is 0 Å². The topological polar surface area (TPSA) is 48.1 Å². The number of anilines is 2. The van der Waals surface area contributed by atoms with Gasteiger partial charge in [0.05, 0.1) is 10.0 Å². The van der Waals surface area contributed by atoms with Crippen LogP contribution in [0.25, 0.3) is 11.6 Å². The maximum absolute atomic E-state index is 12.3. The normalized spacial score (nSPS) is 16.5. The lowest BCUT2D eigenvalue weighted by Gasteiger charge is -2.20. The number of hydrogen-bond acceptors (Lipinski definition) is 2. The summed E-state index contributed by atoms with van der Waals surface area (Å²) in [6, 6.07) is 14.1. The Morgan fingerprint density at radius 2 is 1.94 bits per heavy atom. The summed E-state index contributed by atoms with van der Waals surface area (Å²) in [6.07, 6.45) is 4.21. The highest BCUT2D eigenvalue weighted by molar-refractivity contribution is 6.42. The van der Waals surface area contributed by atoms with E-state index >= 15 is 0 Å². The molecule has 164 valence electrons. The molecule has 1 aliphatic carbocycles. The van der Waals surface area contributed by atoms with Crippen LogP contribution in [0.15, 0.2) is 42.5 Å². The van der Waals surface area contributed by atoms with Crippen molar-refractivity contribution in [2.75, 3.05) is 16.8 Å². The number of rotatable bonds is 5. The summed E-state index contributed by atoms with van der Waals surface area (Å²) < 4.78 is 0. The Morgan fingerprint density at radius 1 is 1.12 bits per heavy atom. The van der Waals surface area contributed by atoms with Crippen molar-refractivity contribution >= 4 is 52.1 Å². The fraction of sp³-hybridized carbons (Fsp3) is 0.269. The van der Waals surface area contributed by atoms with Gasteiger partial charge in [0.25, 0.3) is 0 Å². The zero-order chi connectivity index (χ0) is 22.4. The van der Waals surface area contributed by atoms with E-state index in [2.05, 4.69) is 53.3 Å². The van der Waals surface area contributed by atoms with E-state index < -0.39 is 0 Å². The summed E-state index contributed by atoms with van der Waals surface area (Å²) in [6.45, 7) is 5.68. The third kappa shape index (κ3) is 4.30. The first kappa shape index (κ1) is 21.2. The molecule has 1 saturated carbocycles. The minimum Gasteiger partial charge on any atom is -0.362 e. The largest absolute Gasteiger partial charge is 0.362 e. The fourth-order valence-corrected chi connectivity index (χ4v) is 4.63. The van der Waals surface area contributed by atoms with Crippen LogP contribution >= 0.6 is 23.2 Å². The summed E-state index contributed by atoms with van der Waals surface area (Å²) in [5.41, 5.74) is 8.94. The van der Waals surface area contributed by atoms with Crippen molar-refractivity contribution in [2.45, 2.75) is 33.2 Å². The van der Waals surface area contributed by atoms with Gasteiger partial charge < -0.3 is 15.2 Å². The SMILES string of the molecule is Cc1cc(C)c(C=C2CN(Cc3ccc(Cl)c(Cl)c3)c3ccc(NC(=O)C4CC4)cc32)[nH]1. The van der Waals surface area contributed by atoms with Gasteiger partial charge in [-0.1, -0.05) is 29.3 Å². The first-order chi connectivity index (χ1) is 15.4. The van der Waals surface area contributed by atoms with Crippen LogP contribution in [0.2, 0.25) is 10.0 Å². The lowest BCUT2D eigenvalue weighted by Crippen LogP contribution is -2.19. The van der Waals surface area contributed by atoms with Gasteiger partial charge in [-0.3, -0.25) is 4.79 Å². The van der Waals surface area contributed by atoms with Crippen molar-refractivity contribution in [3.05, 3.63) is 80.6 Å². The van der Waals surface area contributed by atoms with Crippen molar-refractivity contribution in [1.82, 2.24) is 4.98 Å². The second kappa shape index (κ2) is 8.34. The standard InChI is InChI=1S/C26H25Cl2N3O/c1-15-9-16(2)29-24(15)11-19-14-31(13-17-3-7-22(27)23(28)10-17)25-8-6-20(12-21(19)25)30-26(32)18-4-5-18/h3,6-12,18,29H,4-5,13-14H2,1-2H3,(H,30,32). The predicted octanol–water partition coefficient (Wildman–Crippen LogP) is 6.85. The molecule has 0 bridgehead atoms. The van der Waals surface area contributed by atoms with Gasteiger partial charge in [0.15, 0.2) is 0 Å². The molecule has 2 heterocycles. The number of aromatic amines is 1. The molecular formula is C26H25Cl2N3O. The van der Waals surface area contributed by atoms with Crippen molar-refractivity contribution in [1.29, 1.82) is 0 Å². The first-order valence-corrected chi connectivity index (χ1v) is 11.6. The smallest absolute Gasteiger partial charge is 0.227 e. The van der Waals surface area contributed by atoms with Gasteiger partial charge in [-0.2, -0.15) is 0 Å². The molecule has 0 unspecified atom stereocenters. The Balaban J connectivity index is 1.50. The minimum absolute atomic E-state index is 0.122. The summed E-state index contributed by atoms with van der Waals surface area (Å²) in [7, 11) is 0. The first-order valence-electron chi connectivity index (χ1n) is 10.9. The molecule has 0 saturated heterocycles. The fourth-order valence-electron chi connectivity index (χ4n) is 4.31. The molecule has 5 rings (SSSR count). The number of nitrogens with one attached hydrogen (secondary N) is 2. The zero-order valence-electron chi connectivity index (χ0n) is 18.1. The number of hydrogen-bond donors (Lipinski definition) is 2. The Kier molecular flexibility index (Phi) is 5.52.